The van der Waals surface area contributed by atoms with E-state index in [2.05, 4.69) is 10.6 Å². The van der Waals surface area contributed by atoms with Crippen LogP contribution in [0.3, 0.4) is 0 Å². The summed E-state index contributed by atoms with van der Waals surface area (Å²) in [6, 6.07) is 4.73. The quantitative estimate of drug-likeness (QED) is 0.738. The predicted molar refractivity (Wildman–Crippen MR) is 74.2 cm³/mol. The molecule has 6 heteroatoms. The number of carbonyl (C=O) groups excluding carboxylic acids is 2. The molecule has 1 aromatic carbocycles. The van der Waals surface area contributed by atoms with Gasteiger partial charge < -0.3 is 16.4 Å². The minimum absolute atomic E-state index is 0.0700. The van der Waals surface area contributed by atoms with Gasteiger partial charge in [0, 0.05) is 12.1 Å². The first kappa shape index (κ1) is 15.9. The van der Waals surface area contributed by atoms with Gasteiger partial charge in [0.1, 0.15) is 11.9 Å². The molecule has 1 aromatic rings. The number of halogens is 1. The highest BCUT2D eigenvalue weighted by Crippen LogP contribution is 2.08. The minimum atomic E-state index is -0.753. The smallest absolute Gasteiger partial charge is 0.312 e. The molecule has 110 valence electrons. The third kappa shape index (κ3) is 5.26. The van der Waals surface area contributed by atoms with E-state index < -0.39 is 12.1 Å². The summed E-state index contributed by atoms with van der Waals surface area (Å²) in [5, 5.41) is 5.00. The van der Waals surface area contributed by atoms with Crippen molar-refractivity contribution in [3.63, 3.8) is 0 Å². The van der Waals surface area contributed by atoms with Crippen LogP contribution in [0.5, 0.6) is 0 Å². The fourth-order valence-corrected chi connectivity index (χ4v) is 1.82. The number of carbonyl (C=O) groups is 2. The van der Waals surface area contributed by atoms with Crippen LogP contribution in [0.1, 0.15) is 25.8 Å². The fraction of sp³-hybridized carbons (Fsp3) is 0.429. The van der Waals surface area contributed by atoms with Crippen molar-refractivity contribution in [1.82, 2.24) is 10.6 Å². The molecule has 0 fully saturated rings. The van der Waals surface area contributed by atoms with E-state index in [-0.39, 0.29) is 24.2 Å². The highest BCUT2D eigenvalue weighted by atomic mass is 19.1. The molecule has 0 saturated heterocycles. The zero-order valence-electron chi connectivity index (χ0n) is 11.7. The van der Waals surface area contributed by atoms with Gasteiger partial charge in [0.05, 0.1) is 0 Å². The summed E-state index contributed by atoms with van der Waals surface area (Å²) < 4.78 is 13.4. The van der Waals surface area contributed by atoms with Crippen molar-refractivity contribution in [2.24, 2.45) is 11.7 Å². The molecule has 1 atom stereocenters. The van der Waals surface area contributed by atoms with Crippen molar-refractivity contribution in [1.29, 1.82) is 0 Å². The van der Waals surface area contributed by atoms with Gasteiger partial charge in [-0.25, -0.2) is 9.18 Å². The fourth-order valence-electron chi connectivity index (χ4n) is 1.82. The maximum atomic E-state index is 13.4. The topological polar surface area (TPSA) is 84.2 Å². The molecular weight excluding hydrogens is 261 g/mol. The van der Waals surface area contributed by atoms with Crippen LogP contribution in [-0.4, -0.2) is 18.0 Å². The third-order valence-corrected chi connectivity index (χ3v) is 2.75. The lowest BCUT2D eigenvalue weighted by Gasteiger charge is -2.19. The summed E-state index contributed by atoms with van der Waals surface area (Å²) in [6.45, 7) is 3.93. The van der Waals surface area contributed by atoms with Gasteiger partial charge in [-0.3, -0.25) is 4.79 Å². The van der Waals surface area contributed by atoms with Gasteiger partial charge in [-0.05, 0) is 18.4 Å². The van der Waals surface area contributed by atoms with E-state index in [4.69, 9.17) is 5.73 Å². The lowest BCUT2D eigenvalue weighted by Crippen LogP contribution is -2.49. The number of amides is 3. The first-order valence-corrected chi connectivity index (χ1v) is 6.47. The molecule has 0 aromatic heterocycles. The Labute approximate surface area is 117 Å². The summed E-state index contributed by atoms with van der Waals surface area (Å²) in [4.78, 5) is 22.9. The average molecular weight is 281 g/mol. The van der Waals surface area contributed by atoms with Crippen molar-refractivity contribution in [2.75, 3.05) is 0 Å². The van der Waals surface area contributed by atoms with E-state index in [1.54, 1.807) is 18.2 Å². The van der Waals surface area contributed by atoms with Crippen molar-refractivity contribution in [3.05, 3.63) is 35.6 Å². The average Bonchev–Trinajstić information content (AvgIpc) is 2.35. The number of benzene rings is 1. The molecule has 0 heterocycles. The van der Waals surface area contributed by atoms with Gasteiger partial charge in [-0.2, -0.15) is 0 Å². The molecule has 0 aliphatic carbocycles. The lowest BCUT2D eigenvalue weighted by atomic mass is 10.0. The second-order valence-corrected chi connectivity index (χ2v) is 5.00. The molecule has 20 heavy (non-hydrogen) atoms. The van der Waals surface area contributed by atoms with E-state index in [0.29, 0.717) is 12.0 Å². The lowest BCUT2D eigenvalue weighted by molar-refractivity contribution is -0.123. The van der Waals surface area contributed by atoms with Crippen LogP contribution in [0.2, 0.25) is 0 Å². The number of nitrogens with two attached hydrogens (primary N) is 1. The van der Waals surface area contributed by atoms with Crippen LogP contribution >= 0.6 is 0 Å². The van der Waals surface area contributed by atoms with Crippen molar-refractivity contribution >= 4 is 11.9 Å². The summed E-state index contributed by atoms with van der Waals surface area (Å²) >= 11 is 0. The summed E-state index contributed by atoms with van der Waals surface area (Å²) in [5.41, 5.74) is 5.44. The zero-order valence-corrected chi connectivity index (χ0v) is 11.7. The summed E-state index contributed by atoms with van der Waals surface area (Å²) in [5.74, 6) is -0.539. The van der Waals surface area contributed by atoms with Gasteiger partial charge in [-0.15, -0.1) is 0 Å². The number of nitrogens with one attached hydrogen (secondary N) is 2. The molecule has 0 unspecified atom stereocenters. The first-order valence-electron chi connectivity index (χ1n) is 6.47. The second kappa shape index (κ2) is 7.47. The minimum Gasteiger partial charge on any atom is -0.352 e. The van der Waals surface area contributed by atoms with Crippen LogP contribution in [0, 0.1) is 11.7 Å². The van der Waals surface area contributed by atoms with Crippen LogP contribution in [-0.2, 0) is 11.3 Å². The Balaban J connectivity index is 2.62. The second-order valence-electron chi connectivity index (χ2n) is 5.00. The first-order chi connectivity index (χ1) is 9.40. The molecule has 1 rings (SSSR count). The molecule has 4 N–H and O–H groups in total. The van der Waals surface area contributed by atoms with E-state index in [1.165, 1.54) is 6.07 Å². The Morgan fingerprint density at radius 1 is 1.30 bits per heavy atom. The zero-order chi connectivity index (χ0) is 15.1. The molecule has 0 aliphatic heterocycles. The number of hydrogen-bond donors (Lipinski definition) is 3. The Bertz CT molecular complexity index is 477. The number of primary amides is 1. The van der Waals surface area contributed by atoms with Crippen molar-refractivity contribution < 1.29 is 14.0 Å². The Morgan fingerprint density at radius 3 is 2.50 bits per heavy atom. The molecule has 5 nitrogen and oxygen atoms in total. The number of urea groups is 1. The molecular formula is C14H20FN3O2. The molecule has 0 bridgehead atoms. The largest absolute Gasteiger partial charge is 0.352 e. The van der Waals surface area contributed by atoms with Crippen molar-refractivity contribution in [3.8, 4) is 0 Å². The summed E-state index contributed by atoms with van der Waals surface area (Å²) in [6.07, 6.45) is 0.464. The normalized spacial score (nSPS) is 12.0. The standard InChI is InChI=1S/C14H20FN3O2/c1-9(2)7-12(18-14(16)20)13(19)17-8-10-5-3-4-6-11(10)15/h3-6,9,12H,7-8H2,1-2H3,(H,17,19)(H3,16,18,20)/t12-/m0/s1. The van der Waals surface area contributed by atoms with E-state index in [0.717, 1.165) is 0 Å². The molecule has 0 radical (unpaired) electrons. The van der Waals surface area contributed by atoms with Crippen LogP contribution in [0.15, 0.2) is 24.3 Å². The third-order valence-electron chi connectivity index (χ3n) is 2.75. The van der Waals surface area contributed by atoms with Crippen LogP contribution < -0.4 is 16.4 Å². The molecule has 3 amide bonds. The van der Waals surface area contributed by atoms with E-state index >= 15 is 0 Å². The monoisotopic (exact) mass is 281 g/mol. The number of hydrogen-bond acceptors (Lipinski definition) is 2. The summed E-state index contributed by atoms with van der Waals surface area (Å²) in [7, 11) is 0. The molecule has 0 aliphatic rings. The Morgan fingerprint density at radius 2 is 1.95 bits per heavy atom. The Kier molecular flexibility index (Phi) is 5.96. The maximum absolute atomic E-state index is 13.4. The van der Waals surface area contributed by atoms with E-state index in [9.17, 15) is 14.0 Å². The maximum Gasteiger partial charge on any atom is 0.312 e. The predicted octanol–water partition coefficient (Wildman–Crippen LogP) is 1.52. The highest BCUT2D eigenvalue weighted by molar-refractivity contribution is 5.86. The van der Waals surface area contributed by atoms with E-state index in [1.807, 2.05) is 13.8 Å². The van der Waals surface area contributed by atoms with Crippen molar-refractivity contribution in [2.45, 2.75) is 32.9 Å². The van der Waals surface area contributed by atoms with Gasteiger partial charge in [0.15, 0.2) is 0 Å². The van der Waals surface area contributed by atoms with Gasteiger partial charge in [0.25, 0.3) is 0 Å². The highest BCUT2D eigenvalue weighted by Gasteiger charge is 2.20. The SMILES string of the molecule is CC(C)C[C@H](NC(N)=O)C(=O)NCc1ccccc1F. The van der Waals surface area contributed by atoms with Gasteiger partial charge in [0.2, 0.25) is 5.91 Å². The van der Waals surface area contributed by atoms with Gasteiger partial charge in [-0.1, -0.05) is 32.0 Å². The van der Waals surface area contributed by atoms with Gasteiger partial charge >= 0.3 is 6.03 Å². The number of rotatable bonds is 6. The van der Waals surface area contributed by atoms with Crippen LogP contribution in [0.25, 0.3) is 0 Å². The molecule has 0 saturated carbocycles. The Hall–Kier alpha value is -2.11. The van der Waals surface area contributed by atoms with Crippen LogP contribution in [0.4, 0.5) is 9.18 Å². The molecule has 0 spiro atoms.